The van der Waals surface area contributed by atoms with Crippen molar-refractivity contribution in [2.75, 3.05) is 11.4 Å². The van der Waals surface area contributed by atoms with Crippen molar-refractivity contribution < 1.29 is 9.59 Å². The molecule has 1 aromatic rings. The molecule has 0 bridgehead atoms. The third-order valence-electron chi connectivity index (χ3n) is 4.32. The summed E-state index contributed by atoms with van der Waals surface area (Å²) in [5.41, 5.74) is 0.767. The molecule has 2 fully saturated rings. The largest absolute Gasteiger partial charge is 0.353 e. The Morgan fingerprint density at radius 1 is 1.29 bits per heavy atom. The molecule has 5 heteroatoms. The van der Waals surface area contributed by atoms with Crippen LogP contribution in [0.15, 0.2) is 24.3 Å². The molecule has 0 spiro atoms. The van der Waals surface area contributed by atoms with Crippen LogP contribution in [-0.4, -0.2) is 24.4 Å². The van der Waals surface area contributed by atoms with Gasteiger partial charge >= 0.3 is 0 Å². The van der Waals surface area contributed by atoms with Crippen molar-refractivity contribution in [3.63, 3.8) is 0 Å². The maximum Gasteiger partial charge on any atom is 0.227 e. The number of carbonyl (C=O) groups is 2. The van der Waals surface area contributed by atoms with Gasteiger partial charge in [0.1, 0.15) is 0 Å². The van der Waals surface area contributed by atoms with E-state index in [9.17, 15) is 9.59 Å². The van der Waals surface area contributed by atoms with Crippen molar-refractivity contribution >= 4 is 29.1 Å². The predicted octanol–water partition coefficient (Wildman–Crippen LogP) is 2.75. The highest BCUT2D eigenvalue weighted by molar-refractivity contribution is 6.30. The third kappa shape index (κ3) is 3.21. The van der Waals surface area contributed by atoms with E-state index in [0.717, 1.165) is 18.5 Å². The zero-order chi connectivity index (χ0) is 14.8. The van der Waals surface area contributed by atoms with Crippen LogP contribution in [-0.2, 0) is 9.59 Å². The molecule has 0 radical (unpaired) electrons. The predicted molar refractivity (Wildman–Crippen MR) is 82.3 cm³/mol. The molecule has 4 nitrogen and oxygen atoms in total. The maximum absolute atomic E-state index is 12.3. The maximum atomic E-state index is 12.3. The second kappa shape index (κ2) is 6.06. The first-order valence-electron chi connectivity index (χ1n) is 7.50. The minimum absolute atomic E-state index is 0.0103. The molecule has 2 aliphatic rings. The summed E-state index contributed by atoms with van der Waals surface area (Å²) in [6, 6.07) is 7.50. The van der Waals surface area contributed by atoms with E-state index in [1.54, 1.807) is 17.0 Å². The van der Waals surface area contributed by atoms with Crippen LogP contribution in [0.4, 0.5) is 5.69 Å². The van der Waals surface area contributed by atoms with Gasteiger partial charge in [0.25, 0.3) is 0 Å². The number of nitrogens with one attached hydrogen (secondary N) is 1. The van der Waals surface area contributed by atoms with Gasteiger partial charge in [-0.15, -0.1) is 0 Å². The molecule has 1 aliphatic carbocycles. The van der Waals surface area contributed by atoms with Crippen LogP contribution < -0.4 is 10.2 Å². The number of rotatable bonds is 3. The van der Waals surface area contributed by atoms with Crippen molar-refractivity contribution in [1.82, 2.24) is 5.32 Å². The fraction of sp³-hybridized carbons (Fsp3) is 0.500. The van der Waals surface area contributed by atoms with Crippen LogP contribution in [0.1, 0.15) is 32.1 Å². The van der Waals surface area contributed by atoms with E-state index in [0.29, 0.717) is 17.6 Å². The molecule has 1 atom stereocenters. The normalized spacial score (nSPS) is 22.8. The number of carbonyl (C=O) groups excluding carboxylic acids is 2. The van der Waals surface area contributed by atoms with Crippen LogP contribution in [0.3, 0.4) is 0 Å². The van der Waals surface area contributed by atoms with E-state index in [1.807, 2.05) is 12.1 Å². The van der Waals surface area contributed by atoms with Crippen molar-refractivity contribution in [3.8, 4) is 0 Å². The first-order valence-corrected chi connectivity index (χ1v) is 7.87. The van der Waals surface area contributed by atoms with Crippen LogP contribution in [0, 0.1) is 5.92 Å². The summed E-state index contributed by atoms with van der Waals surface area (Å²) >= 11 is 5.97. The van der Waals surface area contributed by atoms with Crippen molar-refractivity contribution in [2.45, 2.75) is 38.1 Å². The van der Waals surface area contributed by atoms with E-state index in [-0.39, 0.29) is 24.2 Å². The summed E-state index contributed by atoms with van der Waals surface area (Å²) in [5.74, 6) is -0.249. The van der Waals surface area contributed by atoms with Crippen molar-refractivity contribution in [2.24, 2.45) is 5.92 Å². The van der Waals surface area contributed by atoms with Gasteiger partial charge < -0.3 is 10.2 Å². The van der Waals surface area contributed by atoms with Crippen molar-refractivity contribution in [1.29, 1.82) is 0 Å². The average Bonchev–Trinajstić information content (AvgIpc) is 3.08. The molecule has 1 heterocycles. The summed E-state index contributed by atoms with van der Waals surface area (Å²) in [5, 5.41) is 3.68. The van der Waals surface area contributed by atoms with Crippen LogP contribution >= 0.6 is 11.6 Å². The Morgan fingerprint density at radius 3 is 2.76 bits per heavy atom. The van der Waals surface area contributed by atoms with Crippen LogP contribution in [0.5, 0.6) is 0 Å². The highest BCUT2D eigenvalue weighted by atomic mass is 35.5. The Morgan fingerprint density at radius 2 is 2.05 bits per heavy atom. The fourth-order valence-corrected chi connectivity index (χ4v) is 3.35. The average molecular weight is 307 g/mol. The summed E-state index contributed by atoms with van der Waals surface area (Å²) in [6.45, 7) is 0.442. The lowest BCUT2D eigenvalue weighted by Crippen LogP contribution is -2.38. The molecular weight excluding hydrogens is 288 g/mol. The van der Waals surface area contributed by atoms with Gasteiger partial charge in [-0.05, 0) is 31.0 Å². The Kier molecular flexibility index (Phi) is 4.15. The number of anilines is 1. The number of benzene rings is 1. The van der Waals surface area contributed by atoms with Gasteiger partial charge in [0.05, 0.1) is 5.92 Å². The summed E-state index contributed by atoms with van der Waals surface area (Å²) < 4.78 is 0. The first kappa shape index (κ1) is 14.4. The Hall–Kier alpha value is -1.55. The lowest BCUT2D eigenvalue weighted by atomic mass is 10.1. The van der Waals surface area contributed by atoms with E-state index < -0.39 is 0 Å². The SMILES string of the molecule is O=C(NC1CCCC1)[C@@H]1CC(=O)N(c2cccc(Cl)c2)C1. The van der Waals surface area contributed by atoms with Crippen LogP contribution in [0.25, 0.3) is 0 Å². The highest BCUT2D eigenvalue weighted by Gasteiger charge is 2.36. The Labute approximate surface area is 129 Å². The van der Waals surface area contributed by atoms with Crippen LogP contribution in [0.2, 0.25) is 5.02 Å². The third-order valence-corrected chi connectivity index (χ3v) is 4.55. The molecular formula is C16H19ClN2O2. The van der Waals surface area contributed by atoms with Gasteiger partial charge in [-0.25, -0.2) is 0 Å². The molecule has 3 rings (SSSR count). The second-order valence-corrected chi connectivity index (χ2v) is 6.31. The molecule has 1 aromatic carbocycles. The molecule has 1 N–H and O–H groups in total. The van der Waals surface area contributed by atoms with Gasteiger partial charge in [-0.1, -0.05) is 30.5 Å². The van der Waals surface area contributed by atoms with E-state index >= 15 is 0 Å². The Bertz CT molecular complexity index is 555. The monoisotopic (exact) mass is 306 g/mol. The summed E-state index contributed by atoms with van der Waals surface area (Å²) in [6.07, 6.45) is 4.77. The molecule has 1 aliphatic heterocycles. The lowest BCUT2D eigenvalue weighted by Gasteiger charge is -2.18. The fourth-order valence-electron chi connectivity index (χ4n) is 3.17. The van der Waals surface area contributed by atoms with Gasteiger partial charge in [0, 0.05) is 29.7 Å². The minimum Gasteiger partial charge on any atom is -0.353 e. The number of hydrogen-bond donors (Lipinski definition) is 1. The lowest BCUT2D eigenvalue weighted by molar-refractivity contribution is -0.126. The molecule has 1 saturated heterocycles. The van der Waals surface area contributed by atoms with E-state index in [1.165, 1.54) is 12.8 Å². The van der Waals surface area contributed by atoms with Gasteiger partial charge in [0.2, 0.25) is 11.8 Å². The number of nitrogens with zero attached hydrogens (tertiary/aromatic N) is 1. The minimum atomic E-state index is -0.253. The quantitative estimate of drug-likeness (QED) is 0.933. The second-order valence-electron chi connectivity index (χ2n) is 5.88. The molecule has 1 saturated carbocycles. The summed E-state index contributed by atoms with van der Waals surface area (Å²) in [7, 11) is 0. The molecule has 0 aromatic heterocycles. The zero-order valence-corrected chi connectivity index (χ0v) is 12.6. The number of halogens is 1. The van der Waals surface area contributed by atoms with E-state index in [4.69, 9.17) is 11.6 Å². The highest BCUT2D eigenvalue weighted by Crippen LogP contribution is 2.27. The molecule has 21 heavy (non-hydrogen) atoms. The standard InChI is InChI=1S/C16H19ClN2O2/c17-12-4-3-7-14(9-12)19-10-11(8-15(19)20)16(21)18-13-5-1-2-6-13/h3-4,7,9,11,13H,1-2,5-6,8,10H2,(H,18,21)/t11-/m1/s1. The molecule has 2 amide bonds. The summed E-state index contributed by atoms with van der Waals surface area (Å²) in [4.78, 5) is 26.1. The number of amides is 2. The Balaban J connectivity index is 1.65. The van der Waals surface area contributed by atoms with E-state index in [2.05, 4.69) is 5.32 Å². The van der Waals surface area contributed by atoms with Crippen molar-refractivity contribution in [3.05, 3.63) is 29.3 Å². The molecule has 0 unspecified atom stereocenters. The van der Waals surface area contributed by atoms with Gasteiger partial charge in [0.15, 0.2) is 0 Å². The number of hydrogen-bond acceptors (Lipinski definition) is 2. The zero-order valence-electron chi connectivity index (χ0n) is 11.8. The smallest absolute Gasteiger partial charge is 0.227 e. The molecule has 112 valence electrons. The first-order chi connectivity index (χ1) is 10.1. The van der Waals surface area contributed by atoms with Gasteiger partial charge in [-0.2, -0.15) is 0 Å². The van der Waals surface area contributed by atoms with Gasteiger partial charge in [-0.3, -0.25) is 9.59 Å². The topological polar surface area (TPSA) is 49.4 Å².